The number of benzene rings is 1. The predicted octanol–water partition coefficient (Wildman–Crippen LogP) is 2.00. The van der Waals surface area contributed by atoms with Gasteiger partial charge in [-0.15, -0.1) is 0 Å². The molecule has 2 nitrogen and oxygen atoms in total. The van der Waals surface area contributed by atoms with Gasteiger partial charge in [-0.25, -0.2) is 0 Å². The summed E-state index contributed by atoms with van der Waals surface area (Å²) in [6, 6.07) is 7.03. The molecule has 0 bridgehead atoms. The summed E-state index contributed by atoms with van der Waals surface area (Å²) in [5.41, 5.74) is 1.44. The van der Waals surface area contributed by atoms with Crippen molar-refractivity contribution in [3.63, 3.8) is 0 Å². The van der Waals surface area contributed by atoms with E-state index in [1.807, 2.05) is 36.5 Å². The summed E-state index contributed by atoms with van der Waals surface area (Å²) >= 11 is 0. The van der Waals surface area contributed by atoms with Crippen LogP contribution in [-0.4, -0.2) is 11.9 Å². The zero-order chi connectivity index (χ0) is 11.8. The third-order valence-corrected chi connectivity index (χ3v) is 2.20. The van der Waals surface area contributed by atoms with Gasteiger partial charge >= 0.3 is 0 Å². The van der Waals surface area contributed by atoms with E-state index in [1.165, 1.54) is 0 Å². The monoisotopic (exact) mass is 177 g/mol. The van der Waals surface area contributed by atoms with Crippen molar-refractivity contribution in [2.24, 2.45) is 0 Å². The number of nitrogens with zero attached hydrogens (tertiary/aromatic N) is 1. The molecule has 0 aliphatic carbocycles. The highest BCUT2D eigenvalue weighted by molar-refractivity contribution is 5.25. The molecule has 1 atom stereocenters. The van der Waals surface area contributed by atoms with Crippen molar-refractivity contribution >= 4 is 0 Å². The Morgan fingerprint density at radius 1 is 1.38 bits per heavy atom. The van der Waals surface area contributed by atoms with Gasteiger partial charge in [0, 0.05) is 23.6 Å². The first kappa shape index (κ1) is 5.32. The normalized spacial score (nSPS) is 24.8. The molecule has 2 rings (SSSR count). The Balaban J connectivity index is 2.20. The second-order valence-electron chi connectivity index (χ2n) is 3.17. The Morgan fingerprint density at radius 2 is 2.15 bits per heavy atom. The van der Waals surface area contributed by atoms with Gasteiger partial charge in [0.2, 0.25) is 0 Å². The molecule has 1 N–H and O–H groups in total. The second-order valence-corrected chi connectivity index (χ2v) is 3.17. The number of hydrogen-bond donors (Lipinski definition) is 1. The van der Waals surface area contributed by atoms with Gasteiger partial charge in [-0.05, 0) is 12.4 Å². The van der Waals surface area contributed by atoms with Gasteiger partial charge in [-0.1, -0.05) is 29.8 Å². The third-order valence-electron chi connectivity index (χ3n) is 2.20. The van der Waals surface area contributed by atoms with Crippen molar-refractivity contribution < 1.29 is 4.11 Å². The van der Waals surface area contributed by atoms with Gasteiger partial charge in [0.1, 0.15) is 6.17 Å². The van der Waals surface area contributed by atoms with Crippen LogP contribution in [0.5, 0.6) is 0 Å². The summed E-state index contributed by atoms with van der Waals surface area (Å²) in [5.74, 6) is 0. The molecule has 1 heterocycles. The Bertz CT molecular complexity index is 395. The molecule has 13 heavy (non-hydrogen) atoms. The molecule has 0 aromatic heterocycles. The highest BCUT2D eigenvalue weighted by Gasteiger charge is 2.15. The Hall–Kier alpha value is -1.44. The van der Waals surface area contributed by atoms with E-state index in [9.17, 15) is 0 Å². The maximum Gasteiger partial charge on any atom is 0.124 e. The molecule has 1 unspecified atom stereocenters. The lowest BCUT2D eigenvalue weighted by molar-refractivity contribution is 0.340. The van der Waals surface area contributed by atoms with Crippen LogP contribution in [0, 0.1) is 6.85 Å². The van der Waals surface area contributed by atoms with Gasteiger partial charge < -0.3 is 10.2 Å². The molecule has 1 aliphatic heterocycles. The van der Waals surface area contributed by atoms with Gasteiger partial charge in [-0.2, -0.15) is 0 Å². The Labute approximate surface area is 83.1 Å². The van der Waals surface area contributed by atoms with Crippen molar-refractivity contribution in [3.05, 3.63) is 47.8 Å². The first-order valence-electron chi connectivity index (χ1n) is 5.73. The van der Waals surface area contributed by atoms with Crippen LogP contribution in [0.2, 0.25) is 0 Å². The minimum Gasteiger partial charge on any atom is -0.366 e. The van der Waals surface area contributed by atoms with E-state index in [2.05, 4.69) is 5.32 Å². The highest BCUT2D eigenvalue weighted by atomic mass is 15.3. The molecule has 1 aromatic carbocycles. The third kappa shape index (κ3) is 1.52. The van der Waals surface area contributed by atoms with E-state index >= 15 is 0 Å². The fourth-order valence-corrected chi connectivity index (χ4v) is 1.45. The van der Waals surface area contributed by atoms with Crippen LogP contribution in [0.25, 0.3) is 0 Å². The highest BCUT2D eigenvalue weighted by Crippen LogP contribution is 2.20. The largest absolute Gasteiger partial charge is 0.366 e. The topological polar surface area (TPSA) is 15.3 Å². The van der Waals surface area contributed by atoms with Crippen molar-refractivity contribution in [1.82, 2.24) is 10.2 Å². The fourth-order valence-electron chi connectivity index (χ4n) is 1.45. The summed E-state index contributed by atoms with van der Waals surface area (Å²) in [6.07, 6.45) is 3.93. The van der Waals surface area contributed by atoms with Crippen molar-refractivity contribution in [2.75, 3.05) is 7.05 Å². The molecule has 1 aliphatic rings. The Kier molecular flexibility index (Phi) is 1.28. The number of hydrogen-bond acceptors (Lipinski definition) is 2. The minimum absolute atomic E-state index is 0.102. The van der Waals surface area contributed by atoms with Crippen LogP contribution in [0.1, 0.15) is 21.4 Å². The maximum absolute atomic E-state index is 7.29. The SMILES string of the molecule is [2H]C([2H])([2H])c1ccc(C2NC=CN2C)cc1. The van der Waals surface area contributed by atoms with Crippen molar-refractivity contribution in [2.45, 2.75) is 13.0 Å². The van der Waals surface area contributed by atoms with Gasteiger partial charge in [-0.3, -0.25) is 0 Å². The molecular formula is C11H14N2. The lowest BCUT2D eigenvalue weighted by atomic mass is 10.1. The van der Waals surface area contributed by atoms with Crippen molar-refractivity contribution in [3.8, 4) is 0 Å². The van der Waals surface area contributed by atoms with Crippen LogP contribution < -0.4 is 5.32 Å². The fraction of sp³-hybridized carbons (Fsp3) is 0.273. The summed E-state index contributed by atoms with van der Waals surface area (Å²) in [5, 5.41) is 3.19. The molecule has 0 spiro atoms. The Morgan fingerprint density at radius 3 is 2.69 bits per heavy atom. The van der Waals surface area contributed by atoms with Crippen molar-refractivity contribution in [1.29, 1.82) is 0 Å². The number of nitrogens with one attached hydrogen (secondary N) is 1. The predicted molar refractivity (Wildman–Crippen MR) is 54.0 cm³/mol. The number of aryl methyl sites for hydroxylation is 1. The van der Waals surface area contributed by atoms with Crippen LogP contribution in [-0.2, 0) is 0 Å². The minimum atomic E-state index is -2.02. The first-order chi connectivity index (χ1) is 7.48. The lowest BCUT2D eigenvalue weighted by Gasteiger charge is -2.21. The lowest BCUT2D eigenvalue weighted by Crippen LogP contribution is -2.23. The first-order valence-corrected chi connectivity index (χ1v) is 4.23. The van der Waals surface area contributed by atoms with Gasteiger partial charge in [0.25, 0.3) is 0 Å². The van der Waals surface area contributed by atoms with Crippen LogP contribution in [0.15, 0.2) is 36.7 Å². The summed E-state index contributed by atoms with van der Waals surface area (Å²) in [6.45, 7) is -2.02. The second kappa shape index (κ2) is 3.13. The molecule has 0 amide bonds. The molecular weight excluding hydrogens is 160 g/mol. The zero-order valence-electron chi connectivity index (χ0n) is 10.5. The summed E-state index contributed by atoms with van der Waals surface area (Å²) < 4.78 is 21.9. The molecule has 0 radical (unpaired) electrons. The quantitative estimate of drug-likeness (QED) is 0.706. The van der Waals surface area contributed by atoms with Gasteiger partial charge in [0.15, 0.2) is 0 Å². The van der Waals surface area contributed by atoms with Crippen LogP contribution in [0.3, 0.4) is 0 Å². The molecule has 2 heteroatoms. The van der Waals surface area contributed by atoms with E-state index in [4.69, 9.17) is 4.11 Å². The van der Waals surface area contributed by atoms with E-state index in [0.29, 0.717) is 5.56 Å². The molecule has 0 saturated heterocycles. The van der Waals surface area contributed by atoms with E-state index in [1.54, 1.807) is 12.1 Å². The summed E-state index contributed by atoms with van der Waals surface area (Å²) in [7, 11) is 1.97. The van der Waals surface area contributed by atoms with E-state index in [0.717, 1.165) is 5.56 Å². The molecule has 1 aromatic rings. The number of rotatable bonds is 1. The zero-order valence-corrected chi connectivity index (χ0v) is 7.49. The average molecular weight is 177 g/mol. The smallest absolute Gasteiger partial charge is 0.124 e. The van der Waals surface area contributed by atoms with Crippen LogP contribution in [0.4, 0.5) is 0 Å². The maximum atomic E-state index is 7.29. The van der Waals surface area contributed by atoms with E-state index < -0.39 is 6.85 Å². The summed E-state index contributed by atoms with van der Waals surface area (Å²) in [4.78, 5) is 2.03. The molecule has 0 fully saturated rings. The standard InChI is InChI=1S/C11H14N2/c1-9-3-5-10(6-4-9)11-12-7-8-13(11)2/h3-8,11-12H,1-2H3/i1D3. The molecule has 68 valence electrons. The average Bonchev–Trinajstić information content (AvgIpc) is 2.63. The molecule has 0 saturated carbocycles. The van der Waals surface area contributed by atoms with Gasteiger partial charge in [0.05, 0.1) is 0 Å². The van der Waals surface area contributed by atoms with E-state index in [-0.39, 0.29) is 6.17 Å². The van der Waals surface area contributed by atoms with Crippen LogP contribution >= 0.6 is 0 Å².